The minimum Gasteiger partial charge on any atom is -0.405 e. The maximum atomic E-state index is 12.3. The van der Waals surface area contributed by atoms with Gasteiger partial charge in [0.25, 0.3) is 0 Å². The van der Waals surface area contributed by atoms with Crippen molar-refractivity contribution in [3.63, 3.8) is 0 Å². The molecule has 0 unspecified atom stereocenters. The Morgan fingerprint density at radius 1 is 1.16 bits per heavy atom. The Hall–Kier alpha value is -0.980. The van der Waals surface area contributed by atoms with E-state index in [0.29, 0.717) is 12.1 Å². The summed E-state index contributed by atoms with van der Waals surface area (Å²) in [4.78, 5) is 2.11. The van der Waals surface area contributed by atoms with E-state index >= 15 is 0 Å². The lowest BCUT2D eigenvalue weighted by atomic mass is 10.2. The van der Waals surface area contributed by atoms with Crippen LogP contribution in [0.4, 0.5) is 13.2 Å². The summed E-state index contributed by atoms with van der Waals surface area (Å²) in [6.45, 7) is 3.87. The molecule has 7 heteroatoms. The van der Waals surface area contributed by atoms with Gasteiger partial charge in [-0.2, -0.15) is 0 Å². The number of benzene rings is 1. The second-order valence-electron chi connectivity index (χ2n) is 4.18. The predicted molar refractivity (Wildman–Crippen MR) is 68.5 cm³/mol. The summed E-state index contributed by atoms with van der Waals surface area (Å²) in [5, 5.41) is 3.20. The SMILES string of the molecule is Cl.FC(F)(F)Oc1ccccc1CN1CCNCC1. The first-order valence-corrected chi connectivity index (χ1v) is 5.81. The summed E-state index contributed by atoms with van der Waals surface area (Å²) >= 11 is 0. The molecule has 1 N–H and O–H groups in total. The van der Waals surface area contributed by atoms with Crippen molar-refractivity contribution in [1.29, 1.82) is 0 Å². The second-order valence-corrected chi connectivity index (χ2v) is 4.18. The highest BCUT2D eigenvalue weighted by Gasteiger charge is 2.32. The summed E-state index contributed by atoms with van der Waals surface area (Å²) < 4.78 is 40.8. The molecule has 0 amide bonds. The van der Waals surface area contributed by atoms with Gasteiger partial charge >= 0.3 is 6.36 Å². The molecule has 0 aliphatic carbocycles. The van der Waals surface area contributed by atoms with Gasteiger partial charge in [0.05, 0.1) is 0 Å². The highest BCUT2D eigenvalue weighted by molar-refractivity contribution is 5.85. The number of hydrogen-bond acceptors (Lipinski definition) is 3. The first kappa shape index (κ1) is 16.1. The van der Waals surface area contributed by atoms with Crippen LogP contribution in [0.15, 0.2) is 24.3 Å². The minimum atomic E-state index is -4.64. The number of rotatable bonds is 3. The molecule has 3 nitrogen and oxygen atoms in total. The molecule has 0 aromatic heterocycles. The van der Waals surface area contributed by atoms with Gasteiger partial charge in [-0.15, -0.1) is 25.6 Å². The van der Waals surface area contributed by atoms with Gasteiger partial charge in [-0.05, 0) is 6.07 Å². The number of piperazine rings is 1. The third kappa shape index (κ3) is 5.26. The molecule has 1 heterocycles. The summed E-state index contributed by atoms with van der Waals surface area (Å²) in [5.74, 6) is -0.108. The zero-order valence-electron chi connectivity index (χ0n) is 10.2. The van der Waals surface area contributed by atoms with E-state index in [2.05, 4.69) is 15.0 Å². The van der Waals surface area contributed by atoms with Crippen molar-refractivity contribution >= 4 is 12.4 Å². The quantitative estimate of drug-likeness (QED) is 0.927. The molecule has 1 aromatic rings. The number of nitrogens with one attached hydrogen (secondary N) is 1. The van der Waals surface area contributed by atoms with E-state index in [9.17, 15) is 13.2 Å². The first-order chi connectivity index (χ1) is 8.54. The number of para-hydroxylation sites is 1. The van der Waals surface area contributed by atoms with Crippen LogP contribution >= 0.6 is 12.4 Å². The fourth-order valence-corrected chi connectivity index (χ4v) is 1.97. The highest BCUT2D eigenvalue weighted by Crippen LogP contribution is 2.27. The molecule has 108 valence electrons. The number of halogens is 4. The molecular weight excluding hydrogens is 281 g/mol. The van der Waals surface area contributed by atoms with Gasteiger partial charge in [0, 0.05) is 38.3 Å². The van der Waals surface area contributed by atoms with Crippen LogP contribution in [0, 0.1) is 0 Å². The normalized spacial score (nSPS) is 16.8. The molecule has 19 heavy (non-hydrogen) atoms. The second kappa shape index (κ2) is 6.98. The van der Waals surface area contributed by atoms with Crippen molar-refractivity contribution in [2.75, 3.05) is 26.2 Å². The zero-order valence-corrected chi connectivity index (χ0v) is 11.1. The van der Waals surface area contributed by atoms with Crippen molar-refractivity contribution in [3.05, 3.63) is 29.8 Å². The maximum Gasteiger partial charge on any atom is 0.573 e. The number of nitrogens with zero attached hydrogens (tertiary/aromatic N) is 1. The van der Waals surface area contributed by atoms with Gasteiger partial charge in [0.15, 0.2) is 0 Å². The minimum absolute atomic E-state index is 0. The van der Waals surface area contributed by atoms with Gasteiger partial charge in [0.1, 0.15) is 5.75 Å². The summed E-state index contributed by atoms with van der Waals surface area (Å²) in [6, 6.07) is 6.29. The van der Waals surface area contributed by atoms with Gasteiger partial charge in [-0.3, -0.25) is 4.90 Å². The summed E-state index contributed by atoms with van der Waals surface area (Å²) in [5.41, 5.74) is 0.566. The van der Waals surface area contributed by atoms with Crippen LogP contribution in [-0.2, 0) is 6.54 Å². The molecule has 1 aliphatic heterocycles. The van der Waals surface area contributed by atoms with Crippen LogP contribution < -0.4 is 10.1 Å². The Morgan fingerprint density at radius 2 is 1.79 bits per heavy atom. The topological polar surface area (TPSA) is 24.5 Å². The van der Waals surface area contributed by atoms with E-state index in [-0.39, 0.29) is 18.2 Å². The highest BCUT2D eigenvalue weighted by atomic mass is 35.5. The number of ether oxygens (including phenoxy) is 1. The molecule has 0 radical (unpaired) electrons. The maximum absolute atomic E-state index is 12.3. The third-order valence-corrected chi connectivity index (χ3v) is 2.80. The van der Waals surface area contributed by atoms with Crippen LogP contribution in [-0.4, -0.2) is 37.4 Å². The van der Waals surface area contributed by atoms with Crippen LogP contribution in [0.3, 0.4) is 0 Å². The van der Waals surface area contributed by atoms with Crippen molar-refractivity contribution in [3.8, 4) is 5.75 Å². The number of alkyl halides is 3. The third-order valence-electron chi connectivity index (χ3n) is 2.80. The Morgan fingerprint density at radius 3 is 2.42 bits per heavy atom. The van der Waals surface area contributed by atoms with E-state index in [1.54, 1.807) is 18.2 Å². The largest absolute Gasteiger partial charge is 0.573 e. The van der Waals surface area contributed by atoms with Crippen LogP contribution in [0.1, 0.15) is 5.56 Å². The first-order valence-electron chi connectivity index (χ1n) is 5.81. The lowest BCUT2D eigenvalue weighted by Crippen LogP contribution is -2.43. The standard InChI is InChI=1S/C12H15F3N2O.ClH/c13-12(14,15)18-11-4-2-1-3-10(11)9-17-7-5-16-6-8-17;/h1-4,16H,5-9H2;1H. The van der Waals surface area contributed by atoms with Gasteiger partial charge < -0.3 is 10.1 Å². The van der Waals surface area contributed by atoms with Gasteiger partial charge in [-0.25, -0.2) is 0 Å². The Balaban J connectivity index is 0.00000180. The lowest BCUT2D eigenvalue weighted by Gasteiger charge is -2.27. The predicted octanol–water partition coefficient (Wildman–Crippen LogP) is 2.41. The van der Waals surface area contributed by atoms with Crippen LogP contribution in [0.2, 0.25) is 0 Å². The van der Waals surface area contributed by atoms with Gasteiger partial charge in [0.2, 0.25) is 0 Å². The van der Waals surface area contributed by atoms with Crippen LogP contribution in [0.25, 0.3) is 0 Å². The molecular formula is C12H16ClF3N2O. The number of hydrogen-bond donors (Lipinski definition) is 1. The van der Waals surface area contributed by atoms with E-state index in [1.807, 2.05) is 0 Å². The molecule has 1 fully saturated rings. The molecule has 1 aliphatic rings. The van der Waals surface area contributed by atoms with Gasteiger partial charge in [-0.1, -0.05) is 18.2 Å². The molecule has 0 saturated carbocycles. The Kier molecular flexibility index (Phi) is 5.90. The van der Waals surface area contributed by atoms with E-state index < -0.39 is 6.36 Å². The molecule has 0 spiro atoms. The zero-order chi connectivity index (χ0) is 13.0. The Bertz CT molecular complexity index is 395. The summed E-state index contributed by atoms with van der Waals surface area (Å²) in [6.07, 6.45) is -4.64. The van der Waals surface area contributed by atoms with Crippen LogP contribution in [0.5, 0.6) is 5.75 Å². The van der Waals surface area contributed by atoms with Crippen molar-refractivity contribution in [2.45, 2.75) is 12.9 Å². The lowest BCUT2D eigenvalue weighted by molar-refractivity contribution is -0.275. The van der Waals surface area contributed by atoms with E-state index in [4.69, 9.17) is 0 Å². The molecule has 0 bridgehead atoms. The van der Waals surface area contributed by atoms with Crippen molar-refractivity contribution in [2.24, 2.45) is 0 Å². The average Bonchev–Trinajstić information content (AvgIpc) is 2.31. The van der Waals surface area contributed by atoms with Crippen molar-refractivity contribution in [1.82, 2.24) is 10.2 Å². The smallest absolute Gasteiger partial charge is 0.405 e. The summed E-state index contributed by atoms with van der Waals surface area (Å²) in [7, 11) is 0. The fraction of sp³-hybridized carbons (Fsp3) is 0.500. The average molecular weight is 297 g/mol. The Labute approximate surface area is 116 Å². The monoisotopic (exact) mass is 296 g/mol. The fourth-order valence-electron chi connectivity index (χ4n) is 1.97. The van der Waals surface area contributed by atoms with Crippen molar-refractivity contribution < 1.29 is 17.9 Å². The van der Waals surface area contributed by atoms with E-state index in [1.165, 1.54) is 6.07 Å². The molecule has 0 atom stereocenters. The van der Waals surface area contributed by atoms with E-state index in [0.717, 1.165) is 26.2 Å². The molecule has 1 saturated heterocycles. The molecule has 1 aromatic carbocycles. The molecule has 2 rings (SSSR count).